The van der Waals surface area contributed by atoms with Crippen molar-refractivity contribution in [3.63, 3.8) is 0 Å². The molecule has 1 aliphatic rings. The summed E-state index contributed by atoms with van der Waals surface area (Å²) in [5.74, 6) is 1.77. The van der Waals surface area contributed by atoms with E-state index in [0.717, 1.165) is 31.3 Å². The van der Waals surface area contributed by atoms with Crippen LogP contribution in [-0.4, -0.2) is 35.6 Å². The second kappa shape index (κ2) is 4.87. The van der Waals surface area contributed by atoms with Crippen molar-refractivity contribution in [3.05, 3.63) is 12.4 Å². The minimum absolute atomic E-state index is 0.246. The lowest BCUT2D eigenvalue weighted by Crippen LogP contribution is -2.51. The molecule has 1 aromatic heterocycles. The molecule has 2 rings (SSSR count). The van der Waals surface area contributed by atoms with Gasteiger partial charge < -0.3 is 16.0 Å². The highest BCUT2D eigenvalue weighted by Crippen LogP contribution is 2.16. The van der Waals surface area contributed by atoms with Crippen LogP contribution in [0.2, 0.25) is 0 Å². The Kier molecular flexibility index (Phi) is 3.47. The van der Waals surface area contributed by atoms with Crippen LogP contribution in [0.5, 0.6) is 0 Å². The molecule has 5 nitrogen and oxygen atoms in total. The van der Waals surface area contributed by atoms with Crippen LogP contribution in [-0.2, 0) is 0 Å². The van der Waals surface area contributed by atoms with Crippen molar-refractivity contribution in [1.29, 1.82) is 0 Å². The standard InChI is InChI=1S/C12H21N5/c1-12(2,3)7-14-10-4-11(16-8-15-10)17-9-5-13-6-9/h4,8-9,13H,5-7H2,1-3H3,(H2,14,15,16,17). The van der Waals surface area contributed by atoms with Gasteiger partial charge in [0.25, 0.3) is 0 Å². The third kappa shape index (κ3) is 3.85. The molecule has 1 aromatic rings. The molecule has 0 saturated carbocycles. The van der Waals surface area contributed by atoms with Gasteiger partial charge >= 0.3 is 0 Å². The zero-order valence-corrected chi connectivity index (χ0v) is 10.7. The van der Waals surface area contributed by atoms with Gasteiger partial charge in [-0.15, -0.1) is 0 Å². The van der Waals surface area contributed by atoms with Crippen molar-refractivity contribution in [3.8, 4) is 0 Å². The van der Waals surface area contributed by atoms with Gasteiger partial charge in [-0.2, -0.15) is 0 Å². The van der Waals surface area contributed by atoms with E-state index in [-0.39, 0.29) is 5.41 Å². The molecule has 2 heterocycles. The molecule has 0 radical (unpaired) electrons. The zero-order valence-electron chi connectivity index (χ0n) is 10.7. The molecule has 0 aromatic carbocycles. The SMILES string of the molecule is CC(C)(C)CNc1cc(NC2CNC2)ncn1. The van der Waals surface area contributed by atoms with Crippen LogP contribution >= 0.6 is 0 Å². The molecule has 1 saturated heterocycles. The van der Waals surface area contributed by atoms with E-state index in [1.54, 1.807) is 6.33 Å². The predicted octanol–water partition coefficient (Wildman–Crippen LogP) is 1.32. The summed E-state index contributed by atoms with van der Waals surface area (Å²) in [4.78, 5) is 8.43. The number of anilines is 2. The van der Waals surface area contributed by atoms with Crippen molar-refractivity contribution in [2.75, 3.05) is 30.3 Å². The smallest absolute Gasteiger partial charge is 0.131 e. The fraction of sp³-hybridized carbons (Fsp3) is 0.667. The highest BCUT2D eigenvalue weighted by Gasteiger charge is 2.16. The topological polar surface area (TPSA) is 61.9 Å². The lowest BCUT2D eigenvalue weighted by Gasteiger charge is -2.28. The van der Waals surface area contributed by atoms with E-state index >= 15 is 0 Å². The molecular formula is C12H21N5. The van der Waals surface area contributed by atoms with Crippen LogP contribution < -0.4 is 16.0 Å². The highest BCUT2D eigenvalue weighted by molar-refractivity contribution is 5.47. The van der Waals surface area contributed by atoms with Crippen LogP contribution in [0.25, 0.3) is 0 Å². The molecule has 94 valence electrons. The van der Waals surface area contributed by atoms with Crippen molar-refractivity contribution in [2.45, 2.75) is 26.8 Å². The van der Waals surface area contributed by atoms with Crippen LogP contribution in [0.3, 0.4) is 0 Å². The predicted molar refractivity (Wildman–Crippen MR) is 70.3 cm³/mol. The molecule has 0 bridgehead atoms. The lowest BCUT2D eigenvalue weighted by molar-refractivity contribution is 0.442. The zero-order chi connectivity index (χ0) is 12.3. The summed E-state index contributed by atoms with van der Waals surface area (Å²) in [6.45, 7) is 9.50. The van der Waals surface area contributed by atoms with Crippen molar-refractivity contribution < 1.29 is 0 Å². The molecule has 3 N–H and O–H groups in total. The van der Waals surface area contributed by atoms with Crippen molar-refractivity contribution >= 4 is 11.6 Å². The number of hydrogen-bond donors (Lipinski definition) is 3. The van der Waals surface area contributed by atoms with Gasteiger partial charge in [-0.25, -0.2) is 9.97 Å². The normalized spacial score (nSPS) is 16.4. The molecule has 1 fully saturated rings. The quantitative estimate of drug-likeness (QED) is 0.734. The third-order valence-corrected chi connectivity index (χ3v) is 2.60. The Hall–Kier alpha value is -1.36. The van der Waals surface area contributed by atoms with Gasteiger partial charge in [0.2, 0.25) is 0 Å². The van der Waals surface area contributed by atoms with E-state index in [1.807, 2.05) is 6.07 Å². The highest BCUT2D eigenvalue weighted by atomic mass is 15.1. The molecule has 0 atom stereocenters. The summed E-state index contributed by atoms with van der Waals surface area (Å²) in [5.41, 5.74) is 0.246. The Morgan fingerprint density at radius 1 is 1.29 bits per heavy atom. The van der Waals surface area contributed by atoms with E-state index in [0.29, 0.717) is 6.04 Å². The fourth-order valence-electron chi connectivity index (χ4n) is 1.49. The van der Waals surface area contributed by atoms with Crippen molar-refractivity contribution in [1.82, 2.24) is 15.3 Å². The van der Waals surface area contributed by atoms with E-state index in [4.69, 9.17) is 0 Å². The van der Waals surface area contributed by atoms with Gasteiger partial charge in [-0.3, -0.25) is 0 Å². The summed E-state index contributed by atoms with van der Waals surface area (Å²) >= 11 is 0. The van der Waals surface area contributed by atoms with E-state index < -0.39 is 0 Å². The first-order valence-corrected chi connectivity index (χ1v) is 6.06. The van der Waals surface area contributed by atoms with Crippen LogP contribution in [0.1, 0.15) is 20.8 Å². The maximum atomic E-state index is 4.22. The molecule has 0 spiro atoms. The Morgan fingerprint density at radius 3 is 2.59 bits per heavy atom. The summed E-state index contributed by atoms with van der Waals surface area (Å²) in [6.07, 6.45) is 1.60. The lowest BCUT2D eigenvalue weighted by atomic mass is 9.97. The van der Waals surface area contributed by atoms with Crippen LogP contribution in [0.4, 0.5) is 11.6 Å². The molecule has 1 aliphatic heterocycles. The number of rotatable bonds is 4. The summed E-state index contributed by atoms with van der Waals surface area (Å²) < 4.78 is 0. The summed E-state index contributed by atoms with van der Waals surface area (Å²) in [6, 6.07) is 2.46. The second-order valence-electron chi connectivity index (χ2n) is 5.70. The minimum Gasteiger partial charge on any atom is -0.369 e. The molecule has 0 unspecified atom stereocenters. The van der Waals surface area contributed by atoms with E-state index in [1.165, 1.54) is 0 Å². The number of hydrogen-bond acceptors (Lipinski definition) is 5. The summed E-state index contributed by atoms with van der Waals surface area (Å²) in [5, 5.41) is 9.91. The molecule has 5 heteroatoms. The number of nitrogens with zero attached hydrogens (tertiary/aromatic N) is 2. The fourth-order valence-corrected chi connectivity index (χ4v) is 1.49. The Labute approximate surface area is 102 Å². The van der Waals surface area contributed by atoms with Crippen molar-refractivity contribution in [2.24, 2.45) is 5.41 Å². The van der Waals surface area contributed by atoms with Gasteiger partial charge in [0.05, 0.1) is 6.04 Å². The molecule has 17 heavy (non-hydrogen) atoms. The monoisotopic (exact) mass is 235 g/mol. The Morgan fingerprint density at radius 2 is 2.00 bits per heavy atom. The van der Waals surface area contributed by atoms with Gasteiger partial charge in [0.1, 0.15) is 18.0 Å². The largest absolute Gasteiger partial charge is 0.369 e. The average Bonchev–Trinajstić information content (AvgIpc) is 2.20. The Balaban J connectivity index is 1.91. The van der Waals surface area contributed by atoms with Crippen LogP contribution in [0.15, 0.2) is 12.4 Å². The maximum absolute atomic E-state index is 4.22. The first kappa shape index (κ1) is 12.1. The second-order valence-corrected chi connectivity index (χ2v) is 5.70. The number of nitrogens with one attached hydrogen (secondary N) is 3. The van der Waals surface area contributed by atoms with Gasteiger partial charge in [0, 0.05) is 25.7 Å². The van der Waals surface area contributed by atoms with Gasteiger partial charge in [0.15, 0.2) is 0 Å². The molecular weight excluding hydrogens is 214 g/mol. The maximum Gasteiger partial charge on any atom is 0.131 e. The first-order valence-electron chi connectivity index (χ1n) is 6.06. The first-order chi connectivity index (χ1) is 8.03. The van der Waals surface area contributed by atoms with E-state index in [2.05, 4.69) is 46.7 Å². The average molecular weight is 235 g/mol. The third-order valence-electron chi connectivity index (χ3n) is 2.60. The van der Waals surface area contributed by atoms with Gasteiger partial charge in [-0.05, 0) is 5.41 Å². The van der Waals surface area contributed by atoms with Crippen LogP contribution in [0, 0.1) is 5.41 Å². The van der Waals surface area contributed by atoms with Gasteiger partial charge in [-0.1, -0.05) is 20.8 Å². The Bertz CT molecular complexity index is 367. The van der Waals surface area contributed by atoms with E-state index in [9.17, 15) is 0 Å². The molecule has 0 aliphatic carbocycles. The minimum atomic E-state index is 0.246. The summed E-state index contributed by atoms with van der Waals surface area (Å²) in [7, 11) is 0. The number of aromatic nitrogens is 2. The molecule has 0 amide bonds.